The second-order valence-corrected chi connectivity index (χ2v) is 8.34. The van der Waals surface area contributed by atoms with Gasteiger partial charge in [-0.25, -0.2) is 0 Å². The van der Waals surface area contributed by atoms with Crippen LogP contribution in [0.1, 0.15) is 51.3 Å². The molecule has 2 aromatic carbocycles. The van der Waals surface area contributed by atoms with Crippen LogP contribution in [0.25, 0.3) is 10.8 Å². The first-order valence-corrected chi connectivity index (χ1v) is 9.16. The van der Waals surface area contributed by atoms with E-state index in [1.807, 2.05) is 38.1 Å². The zero-order chi connectivity index (χ0) is 20.0. The van der Waals surface area contributed by atoms with Crippen molar-refractivity contribution in [3.8, 4) is 0 Å². The highest BCUT2D eigenvalue weighted by molar-refractivity contribution is 5.86. The van der Waals surface area contributed by atoms with Gasteiger partial charge in [0.25, 0.3) is 0 Å². The van der Waals surface area contributed by atoms with Crippen molar-refractivity contribution in [3.63, 3.8) is 0 Å². The van der Waals surface area contributed by atoms with E-state index in [9.17, 15) is 18.0 Å². The fraction of sp³-hybridized carbons (Fsp3) is 0.476. The highest BCUT2D eigenvalue weighted by Gasteiger charge is 2.53. The Bertz CT molecular complexity index is 858. The summed E-state index contributed by atoms with van der Waals surface area (Å²) in [6, 6.07) is 8.87. The molecular weight excluding hydrogens is 353 g/mol. The van der Waals surface area contributed by atoms with Gasteiger partial charge in [-0.3, -0.25) is 10.2 Å². The Morgan fingerprint density at radius 1 is 1.19 bits per heavy atom. The first kappa shape index (κ1) is 19.7. The first-order chi connectivity index (χ1) is 12.5. The molecule has 27 heavy (non-hydrogen) atoms. The number of nitrogens with one attached hydrogen (secondary N) is 1. The van der Waals surface area contributed by atoms with Gasteiger partial charge >= 0.3 is 6.18 Å². The zero-order valence-corrected chi connectivity index (χ0v) is 16.0. The molecule has 0 saturated carbocycles. The van der Waals surface area contributed by atoms with Gasteiger partial charge in [0.1, 0.15) is 0 Å². The van der Waals surface area contributed by atoms with Crippen molar-refractivity contribution < 1.29 is 18.0 Å². The smallest absolute Gasteiger partial charge is 0.287 e. The lowest BCUT2D eigenvalue weighted by Gasteiger charge is -2.38. The molecule has 0 bridgehead atoms. The molecule has 1 amide bonds. The molecule has 1 fully saturated rings. The lowest BCUT2D eigenvalue weighted by molar-refractivity contribution is -0.203. The van der Waals surface area contributed by atoms with E-state index in [1.54, 1.807) is 26.0 Å². The fourth-order valence-electron chi connectivity index (χ4n) is 3.88. The van der Waals surface area contributed by atoms with Crippen molar-refractivity contribution >= 4 is 16.7 Å². The molecule has 6 heteroatoms. The SMILES string of the molecule is CC(C)Cc1cc([C@H](N2NC(=O)CC2(C)C)C(F)(F)F)cc2ccccc12. The molecule has 0 unspecified atom stereocenters. The number of hydrogen-bond donors (Lipinski definition) is 1. The largest absolute Gasteiger partial charge is 0.409 e. The number of carbonyl (C=O) groups is 1. The quantitative estimate of drug-likeness (QED) is 0.797. The highest BCUT2D eigenvalue weighted by Crippen LogP contribution is 2.44. The van der Waals surface area contributed by atoms with E-state index in [0.29, 0.717) is 12.3 Å². The van der Waals surface area contributed by atoms with E-state index in [1.165, 1.54) is 0 Å². The van der Waals surface area contributed by atoms with E-state index < -0.39 is 23.7 Å². The Kier molecular flexibility index (Phi) is 4.97. The van der Waals surface area contributed by atoms with Gasteiger partial charge < -0.3 is 0 Å². The van der Waals surface area contributed by atoms with Crippen molar-refractivity contribution in [2.75, 3.05) is 0 Å². The van der Waals surface area contributed by atoms with Crippen molar-refractivity contribution in [1.82, 2.24) is 10.4 Å². The molecule has 0 aromatic heterocycles. The van der Waals surface area contributed by atoms with Crippen LogP contribution in [0.2, 0.25) is 0 Å². The van der Waals surface area contributed by atoms with Gasteiger partial charge in [0.2, 0.25) is 5.91 Å². The Hall–Kier alpha value is -2.08. The van der Waals surface area contributed by atoms with Gasteiger partial charge in [-0.05, 0) is 54.2 Å². The van der Waals surface area contributed by atoms with Gasteiger partial charge in [-0.1, -0.05) is 44.2 Å². The van der Waals surface area contributed by atoms with Crippen molar-refractivity contribution in [2.45, 2.75) is 58.3 Å². The van der Waals surface area contributed by atoms with Gasteiger partial charge in [0, 0.05) is 12.0 Å². The minimum atomic E-state index is -4.52. The molecule has 0 spiro atoms. The van der Waals surface area contributed by atoms with Gasteiger partial charge in [0.15, 0.2) is 6.04 Å². The number of benzene rings is 2. The Labute approximate surface area is 157 Å². The molecule has 1 N–H and O–H groups in total. The van der Waals surface area contributed by atoms with Crippen LogP contribution in [-0.2, 0) is 11.2 Å². The van der Waals surface area contributed by atoms with E-state index in [4.69, 9.17) is 0 Å². The van der Waals surface area contributed by atoms with Crippen LogP contribution in [0.3, 0.4) is 0 Å². The number of hydrogen-bond acceptors (Lipinski definition) is 2. The normalized spacial score (nSPS) is 18.9. The maximum absolute atomic E-state index is 14.1. The first-order valence-electron chi connectivity index (χ1n) is 9.16. The Morgan fingerprint density at radius 3 is 2.41 bits per heavy atom. The molecule has 3 nitrogen and oxygen atoms in total. The summed E-state index contributed by atoms with van der Waals surface area (Å²) in [6.07, 6.45) is -3.80. The van der Waals surface area contributed by atoms with E-state index in [-0.39, 0.29) is 12.0 Å². The minimum absolute atomic E-state index is 0.0337. The molecule has 1 saturated heterocycles. The second-order valence-electron chi connectivity index (χ2n) is 8.34. The number of amides is 1. The average Bonchev–Trinajstić information content (AvgIpc) is 2.78. The summed E-state index contributed by atoms with van der Waals surface area (Å²) in [5.41, 5.74) is 2.56. The van der Waals surface area contributed by atoms with E-state index in [0.717, 1.165) is 21.3 Å². The molecule has 0 aliphatic carbocycles. The van der Waals surface area contributed by atoms with Crippen LogP contribution >= 0.6 is 0 Å². The monoisotopic (exact) mass is 378 g/mol. The predicted molar refractivity (Wildman–Crippen MR) is 100.0 cm³/mol. The lowest BCUT2D eigenvalue weighted by atomic mass is 9.90. The predicted octanol–water partition coefficient (Wildman–Crippen LogP) is 5.16. The van der Waals surface area contributed by atoms with Crippen molar-refractivity contribution in [1.29, 1.82) is 0 Å². The number of rotatable bonds is 4. The molecule has 0 radical (unpaired) electrons. The third-order valence-electron chi connectivity index (χ3n) is 4.97. The van der Waals surface area contributed by atoms with E-state index >= 15 is 0 Å². The average molecular weight is 378 g/mol. The van der Waals surface area contributed by atoms with Crippen LogP contribution in [0.4, 0.5) is 13.2 Å². The van der Waals surface area contributed by atoms with Crippen LogP contribution in [0.5, 0.6) is 0 Å². The molecule has 146 valence electrons. The third-order valence-corrected chi connectivity index (χ3v) is 4.97. The summed E-state index contributed by atoms with van der Waals surface area (Å²) in [5.74, 6) is -0.0756. The highest BCUT2D eigenvalue weighted by atomic mass is 19.4. The molecule has 1 atom stereocenters. The van der Waals surface area contributed by atoms with Gasteiger partial charge in [0.05, 0.1) is 0 Å². The van der Waals surface area contributed by atoms with Crippen molar-refractivity contribution in [2.24, 2.45) is 5.92 Å². The van der Waals surface area contributed by atoms with E-state index in [2.05, 4.69) is 5.43 Å². The third kappa shape index (κ3) is 3.95. The number of alkyl halides is 3. The summed E-state index contributed by atoms with van der Waals surface area (Å²) in [5, 5.41) is 2.82. The number of hydrazine groups is 1. The molecule has 1 heterocycles. The van der Waals surface area contributed by atoms with Crippen molar-refractivity contribution in [3.05, 3.63) is 47.5 Å². The molecular formula is C21H25F3N2O. The molecule has 3 rings (SSSR count). The second kappa shape index (κ2) is 6.82. The zero-order valence-electron chi connectivity index (χ0n) is 16.0. The molecule has 1 aliphatic rings. The molecule has 2 aromatic rings. The number of halogens is 3. The number of fused-ring (bicyclic) bond motifs is 1. The summed E-state index contributed by atoms with van der Waals surface area (Å²) in [7, 11) is 0. The topological polar surface area (TPSA) is 32.3 Å². The Morgan fingerprint density at radius 2 is 1.85 bits per heavy atom. The summed E-state index contributed by atoms with van der Waals surface area (Å²) >= 11 is 0. The maximum Gasteiger partial charge on any atom is 0.409 e. The molecule has 1 aliphatic heterocycles. The van der Waals surface area contributed by atoms with Gasteiger partial charge in [-0.15, -0.1) is 0 Å². The lowest BCUT2D eigenvalue weighted by Crippen LogP contribution is -2.51. The van der Waals surface area contributed by atoms with Crippen LogP contribution < -0.4 is 5.43 Å². The van der Waals surface area contributed by atoms with Crippen LogP contribution in [0.15, 0.2) is 36.4 Å². The minimum Gasteiger partial charge on any atom is -0.287 e. The maximum atomic E-state index is 14.1. The number of carbonyl (C=O) groups excluding carboxylic acids is 1. The fourth-order valence-corrected chi connectivity index (χ4v) is 3.88. The van der Waals surface area contributed by atoms with Crippen LogP contribution in [-0.4, -0.2) is 22.6 Å². The summed E-state index contributed by atoms with van der Waals surface area (Å²) < 4.78 is 42.4. The summed E-state index contributed by atoms with van der Waals surface area (Å²) in [6.45, 7) is 7.40. The number of nitrogens with zero attached hydrogens (tertiary/aromatic N) is 1. The standard InChI is InChI=1S/C21H25F3N2O/c1-13(2)9-15-11-16(10-14-7-5-6-8-17(14)15)19(21(22,23)24)26-20(3,4)12-18(27)25-26/h5-8,10-11,13,19H,9,12H2,1-4H3,(H,25,27)/t19-/m0/s1. The van der Waals surface area contributed by atoms with Gasteiger partial charge in [-0.2, -0.15) is 18.2 Å². The Balaban J connectivity index is 2.18. The van der Waals surface area contributed by atoms with Crippen LogP contribution in [0, 0.1) is 5.92 Å². The summed E-state index contributed by atoms with van der Waals surface area (Å²) in [4.78, 5) is 11.8.